The van der Waals surface area contributed by atoms with E-state index in [9.17, 15) is 9.90 Å². The number of amides is 1. The summed E-state index contributed by atoms with van der Waals surface area (Å²) in [6, 6.07) is 7.14. The van der Waals surface area contributed by atoms with Crippen LogP contribution in [0.25, 0.3) is 0 Å². The highest BCUT2D eigenvalue weighted by atomic mass is 127. The highest BCUT2D eigenvalue weighted by molar-refractivity contribution is 14.0. The molecule has 0 aromatic heterocycles. The minimum absolute atomic E-state index is 0. The average molecular weight is 476 g/mol. The minimum Gasteiger partial charge on any atom is -0.388 e. The molecule has 1 aromatic rings. The van der Waals surface area contributed by atoms with Crippen LogP contribution in [0.15, 0.2) is 29.3 Å². The van der Waals surface area contributed by atoms with Crippen molar-refractivity contribution in [2.24, 2.45) is 10.7 Å². The number of benzene rings is 1. The summed E-state index contributed by atoms with van der Waals surface area (Å²) in [6.45, 7) is 7.76. The summed E-state index contributed by atoms with van der Waals surface area (Å²) in [5, 5.41) is 17.1. The number of hydrogen-bond acceptors (Lipinski definition) is 3. The van der Waals surface area contributed by atoms with Gasteiger partial charge in [0.05, 0.1) is 12.1 Å². The van der Waals surface area contributed by atoms with E-state index < -0.39 is 11.5 Å². The molecular weight excluding hydrogens is 443 g/mol. The third kappa shape index (κ3) is 8.84. The first-order chi connectivity index (χ1) is 11.9. The predicted octanol–water partition coefficient (Wildman–Crippen LogP) is 2.79. The third-order valence-corrected chi connectivity index (χ3v) is 3.99. The van der Waals surface area contributed by atoms with Crippen molar-refractivity contribution in [3.8, 4) is 0 Å². The van der Waals surface area contributed by atoms with E-state index in [0.29, 0.717) is 24.6 Å². The van der Waals surface area contributed by atoms with Crippen LogP contribution >= 0.6 is 24.0 Å². The van der Waals surface area contributed by atoms with Crippen LogP contribution in [0.1, 0.15) is 62.4 Å². The highest BCUT2D eigenvalue weighted by Gasteiger charge is 2.24. The Morgan fingerprint density at radius 3 is 2.38 bits per heavy atom. The number of guanidine groups is 1. The molecule has 0 radical (unpaired) electrons. The molecule has 0 aliphatic carbocycles. The van der Waals surface area contributed by atoms with Gasteiger partial charge in [-0.1, -0.05) is 38.8 Å². The topological polar surface area (TPSA) is 99.7 Å². The van der Waals surface area contributed by atoms with Gasteiger partial charge < -0.3 is 21.5 Å². The average Bonchev–Trinajstić information content (AvgIpc) is 2.58. The van der Waals surface area contributed by atoms with E-state index in [1.165, 1.54) is 0 Å². The van der Waals surface area contributed by atoms with Gasteiger partial charge in [0.1, 0.15) is 0 Å². The Bertz CT molecular complexity index is 572. The first kappa shape index (κ1) is 24.7. The van der Waals surface area contributed by atoms with E-state index in [2.05, 4.69) is 29.5 Å². The largest absolute Gasteiger partial charge is 0.388 e. The van der Waals surface area contributed by atoms with Crippen LogP contribution in [0.2, 0.25) is 0 Å². The molecule has 148 valence electrons. The van der Waals surface area contributed by atoms with Crippen LogP contribution in [0.5, 0.6) is 0 Å². The first-order valence-electron chi connectivity index (χ1n) is 9.07. The zero-order valence-corrected chi connectivity index (χ0v) is 18.4. The van der Waals surface area contributed by atoms with Crippen LogP contribution in [0.4, 0.5) is 0 Å². The van der Waals surface area contributed by atoms with Crippen molar-refractivity contribution in [1.29, 1.82) is 0 Å². The van der Waals surface area contributed by atoms with Gasteiger partial charge in [-0.3, -0.25) is 4.79 Å². The molecule has 1 aromatic carbocycles. The van der Waals surface area contributed by atoms with E-state index in [0.717, 1.165) is 37.8 Å². The van der Waals surface area contributed by atoms with E-state index in [1.54, 1.807) is 18.2 Å². The predicted molar refractivity (Wildman–Crippen MR) is 118 cm³/mol. The van der Waals surface area contributed by atoms with Gasteiger partial charge in [0.25, 0.3) is 0 Å². The lowest BCUT2D eigenvalue weighted by molar-refractivity contribution is 0.0257. The highest BCUT2D eigenvalue weighted by Crippen LogP contribution is 2.18. The fraction of sp³-hybridized carbons (Fsp3) is 0.579. The summed E-state index contributed by atoms with van der Waals surface area (Å²) in [4.78, 5) is 15.8. The molecule has 6 nitrogen and oxygen atoms in total. The monoisotopic (exact) mass is 476 g/mol. The fourth-order valence-electron chi connectivity index (χ4n) is 2.82. The Hall–Kier alpha value is -1.35. The molecule has 0 aliphatic rings. The van der Waals surface area contributed by atoms with E-state index in [1.807, 2.05) is 13.0 Å². The third-order valence-electron chi connectivity index (χ3n) is 3.99. The number of hydrogen-bond donors (Lipinski definition) is 4. The maximum absolute atomic E-state index is 11.3. The normalized spacial score (nSPS) is 11.6. The van der Waals surface area contributed by atoms with Gasteiger partial charge in [0.2, 0.25) is 5.91 Å². The smallest absolute Gasteiger partial charge is 0.248 e. The molecular formula is C19H33IN4O2. The second-order valence-electron chi connectivity index (χ2n) is 6.34. The molecule has 1 amide bonds. The van der Waals surface area contributed by atoms with Gasteiger partial charge in [-0.15, -0.1) is 24.0 Å². The second kappa shape index (κ2) is 12.9. The van der Waals surface area contributed by atoms with Crippen LogP contribution in [0, 0.1) is 0 Å². The van der Waals surface area contributed by atoms with Gasteiger partial charge in [-0.2, -0.15) is 0 Å². The number of halogens is 1. The lowest BCUT2D eigenvalue weighted by atomic mass is 9.93. The molecule has 0 unspecified atom stereocenters. The standard InChI is InChI=1S/C19H32N4O2.HI/c1-4-10-19(25,11-5-2)14-23-18(21-6-3)22-13-15-8-7-9-16(12-15)17(20)24;/h7-9,12,25H,4-6,10-11,13-14H2,1-3H3,(H2,20,24)(H2,21,22,23);1H. The summed E-state index contributed by atoms with van der Waals surface area (Å²) in [5.74, 6) is 0.206. The number of carbonyl (C=O) groups excluding carboxylic acids is 1. The van der Waals surface area contributed by atoms with E-state index in [4.69, 9.17) is 5.73 Å². The summed E-state index contributed by atoms with van der Waals surface area (Å²) in [6.07, 6.45) is 3.39. The Morgan fingerprint density at radius 1 is 1.19 bits per heavy atom. The van der Waals surface area contributed by atoms with Crippen LogP contribution in [0.3, 0.4) is 0 Å². The Morgan fingerprint density at radius 2 is 1.85 bits per heavy atom. The van der Waals surface area contributed by atoms with E-state index in [-0.39, 0.29) is 24.0 Å². The number of nitrogens with zero attached hydrogens (tertiary/aromatic N) is 1. The van der Waals surface area contributed by atoms with Crippen molar-refractivity contribution in [3.05, 3.63) is 35.4 Å². The maximum Gasteiger partial charge on any atom is 0.248 e. The van der Waals surface area contributed by atoms with Crippen molar-refractivity contribution in [2.75, 3.05) is 13.1 Å². The number of nitrogens with one attached hydrogen (secondary N) is 2. The Balaban J connectivity index is 0.00000625. The Kier molecular flexibility index (Phi) is 12.2. The molecule has 0 bridgehead atoms. The SMILES string of the molecule is CCCC(O)(CCC)CNC(=NCc1cccc(C(N)=O)c1)NCC.I. The maximum atomic E-state index is 11.3. The number of nitrogens with two attached hydrogens (primary N) is 1. The molecule has 0 saturated carbocycles. The first-order valence-corrected chi connectivity index (χ1v) is 9.07. The molecule has 5 N–H and O–H groups in total. The van der Waals surface area contributed by atoms with Gasteiger partial charge in [0, 0.05) is 18.7 Å². The molecule has 26 heavy (non-hydrogen) atoms. The van der Waals surface area contributed by atoms with Gasteiger partial charge >= 0.3 is 0 Å². The molecule has 1 rings (SSSR count). The molecule has 0 saturated heterocycles. The molecule has 0 fully saturated rings. The lowest BCUT2D eigenvalue weighted by Gasteiger charge is -2.28. The molecule has 0 aliphatic heterocycles. The van der Waals surface area contributed by atoms with Crippen LogP contribution in [-0.4, -0.2) is 35.7 Å². The molecule has 0 spiro atoms. The van der Waals surface area contributed by atoms with Crippen molar-refractivity contribution in [1.82, 2.24) is 10.6 Å². The fourth-order valence-corrected chi connectivity index (χ4v) is 2.82. The van der Waals surface area contributed by atoms with Crippen LogP contribution in [-0.2, 0) is 6.54 Å². The lowest BCUT2D eigenvalue weighted by Crippen LogP contribution is -2.47. The number of aliphatic imine (C=N–C) groups is 1. The van der Waals surface area contributed by atoms with Crippen molar-refractivity contribution in [2.45, 2.75) is 58.6 Å². The van der Waals surface area contributed by atoms with Crippen molar-refractivity contribution >= 4 is 35.8 Å². The molecule has 0 atom stereocenters. The second-order valence-corrected chi connectivity index (χ2v) is 6.34. The zero-order chi connectivity index (χ0) is 18.7. The van der Waals surface area contributed by atoms with Gasteiger partial charge in [0.15, 0.2) is 5.96 Å². The molecule has 7 heteroatoms. The van der Waals surface area contributed by atoms with Crippen LogP contribution < -0.4 is 16.4 Å². The van der Waals surface area contributed by atoms with Gasteiger partial charge in [-0.25, -0.2) is 4.99 Å². The zero-order valence-electron chi connectivity index (χ0n) is 16.0. The van der Waals surface area contributed by atoms with Crippen molar-refractivity contribution in [3.63, 3.8) is 0 Å². The summed E-state index contributed by atoms with van der Waals surface area (Å²) >= 11 is 0. The Labute approximate surface area is 174 Å². The number of primary amides is 1. The summed E-state index contributed by atoms with van der Waals surface area (Å²) < 4.78 is 0. The van der Waals surface area contributed by atoms with Crippen molar-refractivity contribution < 1.29 is 9.90 Å². The minimum atomic E-state index is -0.717. The molecule has 0 heterocycles. The quantitative estimate of drug-likeness (QED) is 0.237. The summed E-state index contributed by atoms with van der Waals surface area (Å²) in [7, 11) is 0. The number of rotatable bonds is 10. The van der Waals surface area contributed by atoms with Gasteiger partial charge in [-0.05, 0) is 37.5 Å². The number of aliphatic hydroxyl groups is 1. The summed E-state index contributed by atoms with van der Waals surface area (Å²) in [5.41, 5.74) is 5.98. The van der Waals surface area contributed by atoms with E-state index >= 15 is 0 Å². The number of carbonyl (C=O) groups is 1.